The van der Waals surface area contributed by atoms with Crippen molar-refractivity contribution >= 4 is 11.9 Å². The van der Waals surface area contributed by atoms with Crippen LogP contribution < -0.4 is 0 Å². The molecule has 0 aromatic carbocycles. The van der Waals surface area contributed by atoms with Crippen LogP contribution in [0, 0.1) is 5.92 Å². The molecule has 0 bridgehead atoms. The third-order valence-electron chi connectivity index (χ3n) is 3.07. The zero-order chi connectivity index (χ0) is 13.4. The highest BCUT2D eigenvalue weighted by Gasteiger charge is 2.21. The zero-order valence-electron chi connectivity index (χ0n) is 10.9. The first-order chi connectivity index (χ1) is 8.61. The molecule has 18 heavy (non-hydrogen) atoms. The molecule has 1 N–H and O–H groups in total. The lowest BCUT2D eigenvalue weighted by Gasteiger charge is -2.25. The Morgan fingerprint density at radius 3 is 2.44 bits per heavy atom. The standard InChI is InChI=1S/C13H22O5/c1-2-17-12(15)6-7-13(16)18-9-10-4-3-5-11(14)8-10/h10-11,14H,2-9H2,1H3. The maximum absolute atomic E-state index is 11.4. The van der Waals surface area contributed by atoms with Crippen LogP contribution >= 0.6 is 0 Å². The summed E-state index contributed by atoms with van der Waals surface area (Å²) in [6, 6.07) is 0. The average Bonchev–Trinajstić information content (AvgIpc) is 2.34. The van der Waals surface area contributed by atoms with E-state index in [1.165, 1.54) is 0 Å². The summed E-state index contributed by atoms with van der Waals surface area (Å²) in [5, 5.41) is 9.48. The molecule has 2 unspecified atom stereocenters. The van der Waals surface area contributed by atoms with Gasteiger partial charge in [0.15, 0.2) is 0 Å². The fourth-order valence-electron chi connectivity index (χ4n) is 2.13. The summed E-state index contributed by atoms with van der Waals surface area (Å²) in [7, 11) is 0. The normalized spacial score (nSPS) is 23.4. The van der Waals surface area contributed by atoms with Crippen LogP contribution in [0.25, 0.3) is 0 Å². The number of hydrogen-bond donors (Lipinski definition) is 1. The summed E-state index contributed by atoms with van der Waals surface area (Å²) in [5.41, 5.74) is 0. The number of ether oxygens (including phenoxy) is 2. The summed E-state index contributed by atoms with van der Waals surface area (Å²) in [4.78, 5) is 22.4. The van der Waals surface area contributed by atoms with Crippen LogP contribution in [0.5, 0.6) is 0 Å². The molecule has 0 aromatic heterocycles. The highest BCUT2D eigenvalue weighted by atomic mass is 16.5. The van der Waals surface area contributed by atoms with Gasteiger partial charge in [-0.05, 0) is 32.1 Å². The molecule has 0 saturated heterocycles. The highest BCUT2D eigenvalue weighted by molar-refractivity contribution is 5.77. The molecule has 1 rings (SSSR count). The Balaban J connectivity index is 2.11. The Bertz CT molecular complexity index is 277. The van der Waals surface area contributed by atoms with E-state index in [-0.39, 0.29) is 36.8 Å². The molecule has 5 nitrogen and oxygen atoms in total. The Hall–Kier alpha value is -1.10. The topological polar surface area (TPSA) is 72.8 Å². The van der Waals surface area contributed by atoms with Gasteiger partial charge in [-0.15, -0.1) is 0 Å². The van der Waals surface area contributed by atoms with Crippen LogP contribution in [0.15, 0.2) is 0 Å². The number of carbonyl (C=O) groups excluding carboxylic acids is 2. The second-order valence-corrected chi connectivity index (χ2v) is 4.67. The summed E-state index contributed by atoms with van der Waals surface area (Å²) in [5.74, 6) is -0.494. The fraction of sp³-hybridized carbons (Fsp3) is 0.846. The second kappa shape index (κ2) is 8.08. The monoisotopic (exact) mass is 258 g/mol. The van der Waals surface area contributed by atoms with Crippen LogP contribution in [-0.2, 0) is 19.1 Å². The Labute approximate surface area is 107 Å². The molecule has 5 heteroatoms. The van der Waals surface area contributed by atoms with E-state index in [2.05, 4.69) is 0 Å². The minimum atomic E-state index is -0.373. The van der Waals surface area contributed by atoms with E-state index in [0.717, 1.165) is 19.3 Å². The summed E-state index contributed by atoms with van der Waals surface area (Å²) < 4.78 is 9.82. The van der Waals surface area contributed by atoms with Crippen molar-refractivity contribution in [1.29, 1.82) is 0 Å². The predicted molar refractivity (Wildman–Crippen MR) is 64.8 cm³/mol. The first-order valence-corrected chi connectivity index (χ1v) is 6.61. The molecule has 0 heterocycles. The lowest BCUT2D eigenvalue weighted by molar-refractivity contribution is -0.151. The van der Waals surface area contributed by atoms with Crippen LogP contribution in [0.2, 0.25) is 0 Å². The van der Waals surface area contributed by atoms with E-state index in [9.17, 15) is 14.7 Å². The van der Waals surface area contributed by atoms with E-state index in [1.54, 1.807) is 6.92 Å². The maximum Gasteiger partial charge on any atom is 0.306 e. The van der Waals surface area contributed by atoms with E-state index in [4.69, 9.17) is 9.47 Å². The lowest BCUT2D eigenvalue weighted by atomic mass is 9.88. The van der Waals surface area contributed by atoms with Gasteiger partial charge in [0.1, 0.15) is 0 Å². The van der Waals surface area contributed by atoms with Gasteiger partial charge in [0.25, 0.3) is 0 Å². The van der Waals surface area contributed by atoms with Crippen molar-refractivity contribution in [2.75, 3.05) is 13.2 Å². The molecule has 1 fully saturated rings. The number of hydrogen-bond acceptors (Lipinski definition) is 5. The summed E-state index contributed by atoms with van der Waals surface area (Å²) in [6.45, 7) is 2.40. The fourth-order valence-corrected chi connectivity index (χ4v) is 2.13. The third kappa shape index (κ3) is 6.00. The Kier molecular flexibility index (Phi) is 6.72. The van der Waals surface area contributed by atoms with E-state index >= 15 is 0 Å². The molecule has 104 valence electrons. The maximum atomic E-state index is 11.4. The van der Waals surface area contributed by atoms with Crippen molar-refractivity contribution in [2.45, 2.75) is 51.6 Å². The van der Waals surface area contributed by atoms with Crippen molar-refractivity contribution in [3.8, 4) is 0 Å². The molecule has 2 atom stereocenters. The molecule has 1 aliphatic carbocycles. The molecular weight excluding hydrogens is 236 g/mol. The minimum Gasteiger partial charge on any atom is -0.466 e. The van der Waals surface area contributed by atoms with Gasteiger partial charge in [-0.3, -0.25) is 9.59 Å². The van der Waals surface area contributed by atoms with Gasteiger partial charge < -0.3 is 14.6 Å². The van der Waals surface area contributed by atoms with Gasteiger partial charge in [-0.1, -0.05) is 6.42 Å². The smallest absolute Gasteiger partial charge is 0.306 e. The minimum absolute atomic E-state index is 0.0636. The van der Waals surface area contributed by atoms with E-state index < -0.39 is 0 Å². The van der Waals surface area contributed by atoms with Crippen LogP contribution in [0.4, 0.5) is 0 Å². The number of aliphatic hydroxyl groups excluding tert-OH is 1. The van der Waals surface area contributed by atoms with Gasteiger partial charge in [-0.2, -0.15) is 0 Å². The molecule has 1 aliphatic rings. The van der Waals surface area contributed by atoms with Gasteiger partial charge in [0.05, 0.1) is 32.2 Å². The molecule has 0 radical (unpaired) electrons. The Morgan fingerprint density at radius 1 is 1.17 bits per heavy atom. The lowest BCUT2D eigenvalue weighted by Crippen LogP contribution is -2.24. The van der Waals surface area contributed by atoms with Crippen LogP contribution in [0.1, 0.15) is 45.4 Å². The zero-order valence-corrected chi connectivity index (χ0v) is 10.9. The van der Waals surface area contributed by atoms with Crippen LogP contribution in [0.3, 0.4) is 0 Å². The number of rotatable bonds is 6. The molecule has 0 amide bonds. The molecule has 0 aliphatic heterocycles. The van der Waals surface area contributed by atoms with Crippen molar-refractivity contribution < 1.29 is 24.2 Å². The number of carbonyl (C=O) groups is 2. The number of aliphatic hydroxyl groups is 1. The second-order valence-electron chi connectivity index (χ2n) is 4.67. The largest absolute Gasteiger partial charge is 0.466 e. The van der Waals surface area contributed by atoms with Crippen molar-refractivity contribution in [1.82, 2.24) is 0 Å². The molecule has 0 spiro atoms. The van der Waals surface area contributed by atoms with E-state index in [1.807, 2.05) is 0 Å². The van der Waals surface area contributed by atoms with Crippen LogP contribution in [-0.4, -0.2) is 36.4 Å². The molecular formula is C13H22O5. The van der Waals surface area contributed by atoms with E-state index in [0.29, 0.717) is 19.6 Å². The first-order valence-electron chi connectivity index (χ1n) is 6.61. The van der Waals surface area contributed by atoms with Crippen molar-refractivity contribution in [2.24, 2.45) is 5.92 Å². The summed E-state index contributed by atoms with van der Waals surface area (Å²) in [6.07, 6.45) is 3.38. The molecule has 1 saturated carbocycles. The highest BCUT2D eigenvalue weighted by Crippen LogP contribution is 2.24. The van der Waals surface area contributed by atoms with Gasteiger partial charge >= 0.3 is 11.9 Å². The Morgan fingerprint density at radius 2 is 1.83 bits per heavy atom. The van der Waals surface area contributed by atoms with Crippen molar-refractivity contribution in [3.63, 3.8) is 0 Å². The summed E-state index contributed by atoms with van der Waals surface area (Å²) >= 11 is 0. The van der Waals surface area contributed by atoms with Gasteiger partial charge in [-0.25, -0.2) is 0 Å². The third-order valence-corrected chi connectivity index (χ3v) is 3.07. The number of esters is 2. The molecule has 0 aromatic rings. The first kappa shape index (κ1) is 15.0. The van der Waals surface area contributed by atoms with Gasteiger partial charge in [0, 0.05) is 0 Å². The predicted octanol–water partition coefficient (Wildman–Crippen LogP) is 1.42. The quantitative estimate of drug-likeness (QED) is 0.729. The van der Waals surface area contributed by atoms with Crippen molar-refractivity contribution in [3.05, 3.63) is 0 Å². The average molecular weight is 258 g/mol. The SMILES string of the molecule is CCOC(=O)CCC(=O)OCC1CCCC(O)C1. The van der Waals surface area contributed by atoms with Gasteiger partial charge in [0.2, 0.25) is 0 Å².